The van der Waals surface area contributed by atoms with E-state index in [2.05, 4.69) is 16.9 Å². The van der Waals surface area contributed by atoms with Crippen molar-refractivity contribution in [3.05, 3.63) is 24.0 Å². The van der Waals surface area contributed by atoms with Crippen molar-refractivity contribution < 1.29 is 14.6 Å². The minimum atomic E-state index is -1.11. The summed E-state index contributed by atoms with van der Waals surface area (Å²) in [6.07, 6.45) is 5.56. The summed E-state index contributed by atoms with van der Waals surface area (Å²) in [4.78, 5) is 11.4. The molecule has 0 aromatic carbocycles. The Balaban J connectivity index is 1.64. The van der Waals surface area contributed by atoms with Crippen molar-refractivity contribution in [2.24, 2.45) is 5.92 Å². The van der Waals surface area contributed by atoms with Gasteiger partial charge in [-0.05, 0) is 31.6 Å². The second-order valence-corrected chi connectivity index (χ2v) is 5.88. The van der Waals surface area contributed by atoms with Crippen LogP contribution in [0.3, 0.4) is 0 Å². The average molecular weight is 277 g/mol. The molecule has 20 heavy (non-hydrogen) atoms. The summed E-state index contributed by atoms with van der Waals surface area (Å²) in [5, 5.41) is 17.5. The van der Waals surface area contributed by atoms with Gasteiger partial charge >= 0.3 is 5.97 Å². The monoisotopic (exact) mass is 277 g/mol. The van der Waals surface area contributed by atoms with Crippen LogP contribution in [0.25, 0.3) is 0 Å². The molecule has 1 saturated carbocycles. The SMILES string of the molecule is C=C1CC(Cn2cc(CC3(C(=O)O)CCCO3)nn2)C1. The lowest BCUT2D eigenvalue weighted by molar-refractivity contribution is -0.160. The van der Waals surface area contributed by atoms with Crippen LogP contribution in [-0.2, 0) is 22.5 Å². The van der Waals surface area contributed by atoms with E-state index in [4.69, 9.17) is 4.74 Å². The molecule has 0 bridgehead atoms. The predicted octanol–water partition coefficient (Wildman–Crippen LogP) is 1.42. The van der Waals surface area contributed by atoms with Crippen molar-refractivity contribution in [2.75, 3.05) is 6.61 Å². The number of rotatable bonds is 5. The number of hydrogen-bond acceptors (Lipinski definition) is 4. The molecule has 6 heteroatoms. The quantitative estimate of drug-likeness (QED) is 0.824. The van der Waals surface area contributed by atoms with Gasteiger partial charge in [0.05, 0.1) is 5.69 Å². The number of carboxylic acid groups (broad SMARTS) is 1. The zero-order valence-electron chi connectivity index (χ0n) is 11.4. The lowest BCUT2D eigenvalue weighted by atomic mass is 9.81. The highest BCUT2D eigenvalue weighted by molar-refractivity contribution is 5.78. The van der Waals surface area contributed by atoms with Crippen molar-refractivity contribution in [3.8, 4) is 0 Å². The number of nitrogens with zero attached hydrogens (tertiary/aromatic N) is 3. The van der Waals surface area contributed by atoms with E-state index in [9.17, 15) is 9.90 Å². The highest BCUT2D eigenvalue weighted by Gasteiger charge is 2.43. The van der Waals surface area contributed by atoms with Gasteiger partial charge in [0.25, 0.3) is 0 Å². The Kier molecular flexibility index (Phi) is 3.33. The van der Waals surface area contributed by atoms with Crippen molar-refractivity contribution in [2.45, 2.75) is 44.2 Å². The fourth-order valence-corrected chi connectivity index (χ4v) is 3.03. The van der Waals surface area contributed by atoms with Gasteiger partial charge in [-0.3, -0.25) is 4.68 Å². The van der Waals surface area contributed by atoms with Gasteiger partial charge in [-0.15, -0.1) is 5.10 Å². The first-order valence-corrected chi connectivity index (χ1v) is 7.00. The third kappa shape index (κ3) is 2.47. The Bertz CT molecular complexity index is 524. The van der Waals surface area contributed by atoms with E-state index < -0.39 is 11.6 Å². The number of aromatic nitrogens is 3. The maximum Gasteiger partial charge on any atom is 0.336 e. The summed E-state index contributed by atoms with van der Waals surface area (Å²) >= 11 is 0. The van der Waals surface area contributed by atoms with Crippen molar-refractivity contribution >= 4 is 5.97 Å². The van der Waals surface area contributed by atoms with Gasteiger partial charge in [0.15, 0.2) is 5.60 Å². The van der Waals surface area contributed by atoms with Gasteiger partial charge in [-0.25, -0.2) is 4.79 Å². The van der Waals surface area contributed by atoms with Gasteiger partial charge < -0.3 is 9.84 Å². The second kappa shape index (κ2) is 5.01. The summed E-state index contributed by atoms with van der Waals surface area (Å²) in [5.74, 6) is -0.312. The zero-order valence-corrected chi connectivity index (χ0v) is 11.4. The molecule has 0 spiro atoms. The van der Waals surface area contributed by atoms with Crippen LogP contribution in [0.5, 0.6) is 0 Å². The molecule has 2 fully saturated rings. The van der Waals surface area contributed by atoms with E-state index >= 15 is 0 Å². The minimum absolute atomic E-state index is 0.291. The summed E-state index contributed by atoms with van der Waals surface area (Å²) in [7, 11) is 0. The molecule has 108 valence electrons. The fourth-order valence-electron chi connectivity index (χ4n) is 3.03. The zero-order chi connectivity index (χ0) is 14.2. The van der Waals surface area contributed by atoms with Crippen LogP contribution in [0, 0.1) is 5.92 Å². The van der Waals surface area contributed by atoms with Crippen LogP contribution < -0.4 is 0 Å². The van der Waals surface area contributed by atoms with E-state index in [1.165, 1.54) is 5.57 Å². The molecule has 1 aromatic rings. The standard InChI is InChI=1S/C14H19N3O3/c1-10-5-11(6-10)8-17-9-12(15-16-17)7-14(13(18)19)3-2-4-20-14/h9,11H,1-8H2,(H,18,19). The summed E-state index contributed by atoms with van der Waals surface area (Å²) in [6, 6.07) is 0. The molecular weight excluding hydrogens is 258 g/mol. The van der Waals surface area contributed by atoms with E-state index in [1.54, 1.807) is 4.68 Å². The van der Waals surface area contributed by atoms with Gasteiger partial charge in [0.2, 0.25) is 0 Å². The molecule has 1 aromatic heterocycles. The third-order valence-corrected chi connectivity index (χ3v) is 4.15. The molecule has 1 aliphatic carbocycles. The maximum atomic E-state index is 11.4. The number of ether oxygens (including phenoxy) is 1. The fraction of sp³-hybridized carbons (Fsp3) is 0.643. The van der Waals surface area contributed by atoms with Gasteiger partial charge in [0, 0.05) is 25.8 Å². The van der Waals surface area contributed by atoms with Crippen molar-refractivity contribution in [3.63, 3.8) is 0 Å². The van der Waals surface area contributed by atoms with Crippen LogP contribution in [-0.4, -0.2) is 38.3 Å². The summed E-state index contributed by atoms with van der Waals surface area (Å²) in [5.41, 5.74) is 0.873. The average Bonchev–Trinajstić information content (AvgIpc) is 2.98. The second-order valence-electron chi connectivity index (χ2n) is 5.88. The Morgan fingerprint density at radius 1 is 1.60 bits per heavy atom. The Labute approximate surface area is 117 Å². The summed E-state index contributed by atoms with van der Waals surface area (Å²) < 4.78 is 7.26. The molecule has 1 N–H and O–H groups in total. The predicted molar refractivity (Wildman–Crippen MR) is 71.1 cm³/mol. The van der Waals surface area contributed by atoms with Crippen molar-refractivity contribution in [1.82, 2.24) is 15.0 Å². The lowest BCUT2D eigenvalue weighted by Gasteiger charge is -2.27. The molecule has 1 unspecified atom stereocenters. The van der Waals surface area contributed by atoms with Gasteiger partial charge in [0.1, 0.15) is 0 Å². The van der Waals surface area contributed by atoms with Gasteiger partial charge in [-0.1, -0.05) is 17.4 Å². The number of allylic oxidation sites excluding steroid dienone is 1. The van der Waals surface area contributed by atoms with Crippen LogP contribution in [0.1, 0.15) is 31.4 Å². The van der Waals surface area contributed by atoms with Crippen LogP contribution in [0.15, 0.2) is 18.3 Å². The lowest BCUT2D eigenvalue weighted by Crippen LogP contribution is -2.40. The smallest absolute Gasteiger partial charge is 0.336 e. The van der Waals surface area contributed by atoms with E-state index in [0.717, 1.165) is 25.8 Å². The van der Waals surface area contributed by atoms with E-state index in [-0.39, 0.29) is 0 Å². The third-order valence-electron chi connectivity index (χ3n) is 4.15. The molecule has 3 rings (SSSR count). The molecule has 1 atom stereocenters. The first kappa shape index (κ1) is 13.3. The highest BCUT2D eigenvalue weighted by Crippen LogP contribution is 2.33. The van der Waals surface area contributed by atoms with Crippen LogP contribution in [0.4, 0.5) is 0 Å². The topological polar surface area (TPSA) is 77.2 Å². The molecular formula is C14H19N3O3. The number of aliphatic carboxylic acids is 1. The first-order chi connectivity index (χ1) is 9.57. The Hall–Kier alpha value is -1.69. The number of carbonyl (C=O) groups is 1. The van der Waals surface area contributed by atoms with E-state index in [0.29, 0.717) is 31.1 Å². The maximum absolute atomic E-state index is 11.4. The Morgan fingerprint density at radius 2 is 2.40 bits per heavy atom. The van der Waals surface area contributed by atoms with E-state index in [1.807, 2.05) is 6.20 Å². The minimum Gasteiger partial charge on any atom is -0.479 e. The molecule has 2 heterocycles. The summed E-state index contributed by atoms with van der Waals surface area (Å²) in [6.45, 7) is 5.26. The molecule has 6 nitrogen and oxygen atoms in total. The number of carboxylic acids is 1. The van der Waals surface area contributed by atoms with Crippen molar-refractivity contribution in [1.29, 1.82) is 0 Å². The highest BCUT2D eigenvalue weighted by atomic mass is 16.5. The molecule has 0 amide bonds. The van der Waals surface area contributed by atoms with Gasteiger partial charge in [-0.2, -0.15) is 0 Å². The van der Waals surface area contributed by atoms with Crippen LogP contribution in [0.2, 0.25) is 0 Å². The van der Waals surface area contributed by atoms with Crippen LogP contribution >= 0.6 is 0 Å². The Morgan fingerprint density at radius 3 is 3.00 bits per heavy atom. The largest absolute Gasteiger partial charge is 0.479 e. The molecule has 2 aliphatic rings. The molecule has 1 saturated heterocycles. The number of hydrogen-bond donors (Lipinski definition) is 1. The molecule has 1 aliphatic heterocycles. The first-order valence-electron chi connectivity index (χ1n) is 7.00. The molecule has 0 radical (unpaired) electrons. The normalized spacial score (nSPS) is 26.7.